The molecule has 1 N–H and O–H groups in total. The van der Waals surface area contributed by atoms with Gasteiger partial charge in [0, 0.05) is 0 Å². The first-order valence-electron chi connectivity index (χ1n) is 4.35. The van der Waals surface area contributed by atoms with Crippen LogP contribution in [-0.2, 0) is 19.6 Å². The van der Waals surface area contributed by atoms with Gasteiger partial charge in [-0.25, -0.2) is 13.1 Å². The molecule has 6 heteroatoms. The third kappa shape index (κ3) is 4.06. The Morgan fingerprint density at radius 3 is 2.21 bits per heavy atom. The van der Waals surface area contributed by atoms with Gasteiger partial charge in [0.15, 0.2) is 0 Å². The van der Waals surface area contributed by atoms with Crippen molar-refractivity contribution >= 4 is 16.0 Å². The van der Waals surface area contributed by atoms with Crippen LogP contribution in [0.1, 0.15) is 27.7 Å². The average molecular weight is 223 g/mol. The Labute approximate surface area is 84.9 Å². The minimum atomic E-state index is -3.46. The molecule has 84 valence electrons. The maximum Gasteiger partial charge on any atom is 0.320 e. The fraction of sp³-hybridized carbons (Fsp3) is 0.875. The van der Waals surface area contributed by atoms with Crippen molar-refractivity contribution < 1.29 is 17.9 Å². The highest BCUT2D eigenvalue weighted by molar-refractivity contribution is 7.90. The summed E-state index contributed by atoms with van der Waals surface area (Å²) < 4.78 is 28.7. The molecule has 0 atom stereocenters. The minimum Gasteiger partial charge on any atom is -0.465 e. The number of sulfonamides is 1. The summed E-state index contributed by atoms with van der Waals surface area (Å²) in [5, 5.41) is 0. The summed E-state index contributed by atoms with van der Waals surface area (Å²) >= 11 is 0. The highest BCUT2D eigenvalue weighted by atomic mass is 32.2. The zero-order valence-corrected chi connectivity index (χ0v) is 9.77. The monoisotopic (exact) mass is 223 g/mol. The second-order valence-electron chi connectivity index (χ2n) is 3.74. The Morgan fingerprint density at radius 2 is 1.86 bits per heavy atom. The van der Waals surface area contributed by atoms with E-state index in [0.717, 1.165) is 0 Å². The van der Waals surface area contributed by atoms with E-state index in [4.69, 9.17) is 0 Å². The third-order valence-electron chi connectivity index (χ3n) is 1.52. The third-order valence-corrected chi connectivity index (χ3v) is 3.65. The molecule has 0 spiro atoms. The van der Waals surface area contributed by atoms with Crippen LogP contribution in [0.15, 0.2) is 0 Å². The van der Waals surface area contributed by atoms with Gasteiger partial charge in [0.05, 0.1) is 11.4 Å². The molecule has 0 aliphatic rings. The topological polar surface area (TPSA) is 72.5 Å². The van der Waals surface area contributed by atoms with Crippen molar-refractivity contribution in [2.45, 2.75) is 32.4 Å². The molecule has 14 heavy (non-hydrogen) atoms. The lowest BCUT2D eigenvalue weighted by molar-refractivity contribution is -0.141. The zero-order chi connectivity index (χ0) is 11.4. The molecule has 0 aliphatic carbocycles. The van der Waals surface area contributed by atoms with E-state index in [2.05, 4.69) is 9.46 Å². The van der Waals surface area contributed by atoms with Gasteiger partial charge in [-0.1, -0.05) is 0 Å². The number of ether oxygens (including phenoxy) is 1. The zero-order valence-electron chi connectivity index (χ0n) is 8.96. The number of carbonyl (C=O) groups is 1. The molecule has 0 aliphatic heterocycles. The second kappa shape index (κ2) is 4.75. The first-order chi connectivity index (χ1) is 6.20. The summed E-state index contributed by atoms with van der Waals surface area (Å²) in [6.45, 7) is 6.27. The smallest absolute Gasteiger partial charge is 0.320 e. The lowest BCUT2D eigenvalue weighted by Gasteiger charge is -2.19. The summed E-state index contributed by atoms with van der Waals surface area (Å²) in [6.07, 6.45) is 0. The van der Waals surface area contributed by atoms with Gasteiger partial charge in [0.2, 0.25) is 10.0 Å². The highest BCUT2D eigenvalue weighted by Crippen LogP contribution is 2.12. The van der Waals surface area contributed by atoms with Gasteiger partial charge in [0.25, 0.3) is 0 Å². The van der Waals surface area contributed by atoms with Crippen LogP contribution in [0.4, 0.5) is 0 Å². The summed E-state index contributed by atoms with van der Waals surface area (Å²) in [6, 6.07) is 0. The van der Waals surface area contributed by atoms with E-state index < -0.39 is 20.7 Å². The van der Waals surface area contributed by atoms with Gasteiger partial charge in [-0.05, 0) is 27.7 Å². The summed E-state index contributed by atoms with van der Waals surface area (Å²) in [5.41, 5.74) is 0. The van der Waals surface area contributed by atoms with Crippen molar-refractivity contribution in [3.63, 3.8) is 0 Å². The number of nitrogens with one attached hydrogen (secondary N) is 1. The maximum atomic E-state index is 11.4. The number of carbonyl (C=O) groups excluding carboxylic acids is 1. The molecular formula is C8H17NO4S. The Balaban J connectivity index is 4.22. The number of rotatable bonds is 4. The van der Waals surface area contributed by atoms with Crippen LogP contribution < -0.4 is 4.72 Å². The van der Waals surface area contributed by atoms with E-state index in [1.165, 1.54) is 0 Å². The maximum absolute atomic E-state index is 11.4. The molecule has 0 aromatic carbocycles. The van der Waals surface area contributed by atoms with E-state index in [-0.39, 0.29) is 13.2 Å². The quantitative estimate of drug-likeness (QED) is 0.694. The molecule has 0 bridgehead atoms. The summed E-state index contributed by atoms with van der Waals surface area (Å²) in [4.78, 5) is 10.9. The summed E-state index contributed by atoms with van der Waals surface area (Å²) in [7, 11) is -3.46. The standard InChI is InChI=1S/C8H17NO4S/c1-5-13-7(10)6-9-14(11,12)8(2,3)4/h9H,5-6H2,1-4H3. The predicted octanol–water partition coefficient (Wildman–Crippen LogP) is 0.267. The normalized spacial score (nSPS) is 12.6. The molecule has 0 aromatic rings. The Kier molecular flexibility index (Phi) is 4.54. The first kappa shape index (κ1) is 13.4. The molecular weight excluding hydrogens is 206 g/mol. The molecule has 0 aromatic heterocycles. The van der Waals surface area contributed by atoms with Crippen LogP contribution >= 0.6 is 0 Å². The predicted molar refractivity (Wildman–Crippen MR) is 53.3 cm³/mol. The van der Waals surface area contributed by atoms with Gasteiger partial charge in [-0.15, -0.1) is 0 Å². The summed E-state index contributed by atoms with van der Waals surface area (Å²) in [5.74, 6) is -0.569. The largest absolute Gasteiger partial charge is 0.465 e. The van der Waals surface area contributed by atoms with Gasteiger partial charge in [-0.2, -0.15) is 0 Å². The molecule has 0 rings (SSSR count). The van der Waals surface area contributed by atoms with Crippen LogP contribution in [0.5, 0.6) is 0 Å². The van der Waals surface area contributed by atoms with Crippen molar-refractivity contribution in [2.24, 2.45) is 0 Å². The molecule has 0 amide bonds. The van der Waals surface area contributed by atoms with Crippen LogP contribution in [-0.4, -0.2) is 32.3 Å². The van der Waals surface area contributed by atoms with E-state index in [0.29, 0.717) is 0 Å². The molecule has 0 unspecified atom stereocenters. The van der Waals surface area contributed by atoms with Crippen molar-refractivity contribution in [1.29, 1.82) is 0 Å². The van der Waals surface area contributed by atoms with Gasteiger partial charge >= 0.3 is 5.97 Å². The average Bonchev–Trinajstić information content (AvgIpc) is 1.99. The van der Waals surface area contributed by atoms with Crippen molar-refractivity contribution in [1.82, 2.24) is 4.72 Å². The fourth-order valence-corrected chi connectivity index (χ4v) is 1.32. The van der Waals surface area contributed by atoms with E-state index in [9.17, 15) is 13.2 Å². The van der Waals surface area contributed by atoms with Gasteiger partial charge in [0.1, 0.15) is 6.54 Å². The molecule has 0 radical (unpaired) electrons. The molecule has 0 fully saturated rings. The Morgan fingerprint density at radius 1 is 1.36 bits per heavy atom. The van der Waals surface area contributed by atoms with Crippen molar-refractivity contribution in [3.05, 3.63) is 0 Å². The van der Waals surface area contributed by atoms with E-state index >= 15 is 0 Å². The lowest BCUT2D eigenvalue weighted by atomic mass is 10.3. The lowest BCUT2D eigenvalue weighted by Crippen LogP contribution is -2.41. The second-order valence-corrected chi connectivity index (χ2v) is 6.26. The van der Waals surface area contributed by atoms with Crippen LogP contribution in [0, 0.1) is 0 Å². The molecule has 0 heterocycles. The van der Waals surface area contributed by atoms with E-state index in [1.807, 2.05) is 0 Å². The molecule has 0 saturated carbocycles. The van der Waals surface area contributed by atoms with Crippen molar-refractivity contribution in [3.8, 4) is 0 Å². The fourth-order valence-electron chi connectivity index (χ4n) is 0.582. The minimum absolute atomic E-state index is 0.246. The Bertz CT molecular complexity index is 289. The highest BCUT2D eigenvalue weighted by Gasteiger charge is 2.29. The van der Waals surface area contributed by atoms with Crippen LogP contribution in [0.2, 0.25) is 0 Å². The first-order valence-corrected chi connectivity index (χ1v) is 5.84. The molecule has 5 nitrogen and oxygen atoms in total. The number of hydrogen-bond donors (Lipinski definition) is 1. The van der Waals surface area contributed by atoms with Crippen LogP contribution in [0.3, 0.4) is 0 Å². The van der Waals surface area contributed by atoms with Gasteiger partial charge < -0.3 is 4.74 Å². The number of esters is 1. The van der Waals surface area contributed by atoms with E-state index in [1.54, 1.807) is 27.7 Å². The molecule has 0 saturated heterocycles. The number of hydrogen-bond acceptors (Lipinski definition) is 4. The van der Waals surface area contributed by atoms with Gasteiger partial charge in [-0.3, -0.25) is 4.79 Å². The Hall–Kier alpha value is -0.620. The van der Waals surface area contributed by atoms with Crippen molar-refractivity contribution in [2.75, 3.05) is 13.2 Å². The SMILES string of the molecule is CCOC(=O)CNS(=O)(=O)C(C)(C)C. The van der Waals surface area contributed by atoms with Crippen LogP contribution in [0.25, 0.3) is 0 Å².